The smallest absolute Gasteiger partial charge is 0.0449 e. The molecule has 1 N–H and O–H groups in total. The summed E-state index contributed by atoms with van der Waals surface area (Å²) >= 11 is 9.72. The van der Waals surface area contributed by atoms with Gasteiger partial charge < -0.3 is 5.32 Å². The summed E-state index contributed by atoms with van der Waals surface area (Å²) in [5.74, 6) is 0. The van der Waals surface area contributed by atoms with Gasteiger partial charge in [0.25, 0.3) is 0 Å². The second kappa shape index (κ2) is 6.51. The Kier molecular flexibility index (Phi) is 4.97. The Morgan fingerprint density at radius 3 is 2.79 bits per heavy atom. The van der Waals surface area contributed by atoms with Gasteiger partial charge in [0.15, 0.2) is 0 Å². The summed E-state index contributed by atoms with van der Waals surface area (Å²) in [7, 11) is 1.97. The molecular formula is C15H16BrClN2. The van der Waals surface area contributed by atoms with Crippen molar-refractivity contribution in [3.8, 4) is 0 Å². The molecule has 2 nitrogen and oxygen atoms in total. The van der Waals surface area contributed by atoms with Crippen molar-refractivity contribution in [1.82, 2.24) is 10.3 Å². The van der Waals surface area contributed by atoms with E-state index in [0.29, 0.717) is 0 Å². The van der Waals surface area contributed by atoms with Crippen molar-refractivity contribution in [1.29, 1.82) is 0 Å². The monoisotopic (exact) mass is 338 g/mol. The lowest BCUT2D eigenvalue weighted by Crippen LogP contribution is -2.20. The Morgan fingerprint density at radius 1 is 1.37 bits per heavy atom. The van der Waals surface area contributed by atoms with E-state index in [-0.39, 0.29) is 6.04 Å². The van der Waals surface area contributed by atoms with Crippen molar-refractivity contribution >= 4 is 27.5 Å². The second-order valence-electron chi connectivity index (χ2n) is 4.51. The number of hydrogen-bond donors (Lipinski definition) is 1. The topological polar surface area (TPSA) is 24.9 Å². The van der Waals surface area contributed by atoms with Gasteiger partial charge in [0.05, 0.1) is 0 Å². The fourth-order valence-electron chi connectivity index (χ4n) is 2.15. The molecule has 0 aliphatic heterocycles. The molecule has 1 heterocycles. The zero-order valence-electron chi connectivity index (χ0n) is 11.0. The number of aryl methyl sites for hydroxylation is 1. The number of halogens is 2. The first kappa shape index (κ1) is 14.5. The van der Waals surface area contributed by atoms with Gasteiger partial charge >= 0.3 is 0 Å². The fourth-order valence-corrected chi connectivity index (χ4v) is 2.90. The van der Waals surface area contributed by atoms with Crippen LogP contribution in [0.25, 0.3) is 0 Å². The average Bonchev–Trinajstić information content (AvgIpc) is 2.39. The zero-order chi connectivity index (χ0) is 13.8. The van der Waals surface area contributed by atoms with Crippen molar-refractivity contribution in [2.75, 3.05) is 7.05 Å². The molecule has 2 rings (SSSR count). The van der Waals surface area contributed by atoms with Crippen molar-refractivity contribution in [2.24, 2.45) is 0 Å². The normalized spacial score (nSPS) is 12.4. The SMILES string of the molecule is CNC(Cc1ccc(Br)cc1Cl)c1ccncc1C. The van der Waals surface area contributed by atoms with Crippen LogP contribution >= 0.6 is 27.5 Å². The van der Waals surface area contributed by atoms with E-state index in [1.165, 1.54) is 11.1 Å². The molecule has 1 aromatic heterocycles. The second-order valence-corrected chi connectivity index (χ2v) is 5.84. The van der Waals surface area contributed by atoms with E-state index in [2.05, 4.69) is 45.3 Å². The third-order valence-electron chi connectivity index (χ3n) is 3.23. The van der Waals surface area contributed by atoms with Gasteiger partial charge in [-0.15, -0.1) is 0 Å². The van der Waals surface area contributed by atoms with Crippen LogP contribution in [-0.4, -0.2) is 12.0 Å². The molecule has 0 aliphatic rings. The van der Waals surface area contributed by atoms with Crippen LogP contribution in [-0.2, 0) is 6.42 Å². The van der Waals surface area contributed by atoms with Crippen molar-refractivity contribution < 1.29 is 0 Å². The molecule has 1 aromatic carbocycles. The Balaban J connectivity index is 2.27. The first-order valence-electron chi connectivity index (χ1n) is 6.13. The Labute approximate surface area is 127 Å². The maximum Gasteiger partial charge on any atom is 0.0449 e. The number of likely N-dealkylation sites (N-methyl/N-ethyl adjacent to an activating group) is 1. The van der Waals surface area contributed by atoms with Crippen LogP contribution in [0.3, 0.4) is 0 Å². The number of benzene rings is 1. The van der Waals surface area contributed by atoms with Crippen molar-refractivity contribution in [3.05, 3.63) is 62.8 Å². The van der Waals surface area contributed by atoms with Crippen LogP contribution in [0.5, 0.6) is 0 Å². The summed E-state index contributed by atoms with van der Waals surface area (Å²) in [6, 6.07) is 8.31. The number of rotatable bonds is 4. The van der Waals surface area contributed by atoms with Crippen molar-refractivity contribution in [2.45, 2.75) is 19.4 Å². The minimum absolute atomic E-state index is 0.238. The highest BCUT2D eigenvalue weighted by molar-refractivity contribution is 9.10. The summed E-state index contributed by atoms with van der Waals surface area (Å²) in [4.78, 5) is 4.14. The molecule has 0 radical (unpaired) electrons. The Hall–Kier alpha value is -0.900. The van der Waals surface area contributed by atoms with Crippen molar-refractivity contribution in [3.63, 3.8) is 0 Å². The van der Waals surface area contributed by atoms with Gasteiger partial charge in [-0.05, 0) is 55.3 Å². The quantitative estimate of drug-likeness (QED) is 0.898. The molecule has 0 amide bonds. The fraction of sp³-hybridized carbons (Fsp3) is 0.267. The van der Waals surface area contributed by atoms with Gasteiger partial charge in [-0.25, -0.2) is 0 Å². The third kappa shape index (κ3) is 3.56. The van der Waals surface area contributed by atoms with Crippen LogP contribution in [0, 0.1) is 6.92 Å². The molecule has 4 heteroatoms. The molecule has 1 atom stereocenters. The van der Waals surface area contributed by atoms with Crippen LogP contribution in [0.15, 0.2) is 41.1 Å². The van der Waals surface area contributed by atoms with E-state index in [1.807, 2.05) is 31.6 Å². The minimum Gasteiger partial charge on any atom is -0.313 e. The van der Waals surface area contributed by atoms with Crippen LogP contribution in [0.2, 0.25) is 5.02 Å². The van der Waals surface area contributed by atoms with Gasteiger partial charge in [0, 0.05) is 27.9 Å². The Bertz CT molecular complexity index is 572. The van der Waals surface area contributed by atoms with Gasteiger partial charge in [-0.1, -0.05) is 33.6 Å². The first-order valence-corrected chi connectivity index (χ1v) is 7.30. The van der Waals surface area contributed by atoms with Gasteiger partial charge in [0.1, 0.15) is 0 Å². The third-order valence-corrected chi connectivity index (χ3v) is 4.07. The minimum atomic E-state index is 0.238. The lowest BCUT2D eigenvalue weighted by molar-refractivity contribution is 0.588. The van der Waals surface area contributed by atoms with E-state index < -0.39 is 0 Å². The van der Waals surface area contributed by atoms with E-state index >= 15 is 0 Å². The van der Waals surface area contributed by atoms with E-state index in [0.717, 1.165) is 21.5 Å². The standard InChI is InChI=1S/C15H16BrClN2/c1-10-9-19-6-5-13(10)15(18-2)7-11-3-4-12(16)8-14(11)17/h3-6,8-9,15,18H,7H2,1-2H3. The largest absolute Gasteiger partial charge is 0.313 e. The van der Waals surface area contributed by atoms with Gasteiger partial charge in [0.2, 0.25) is 0 Å². The molecule has 0 fully saturated rings. The van der Waals surface area contributed by atoms with Gasteiger partial charge in [-0.3, -0.25) is 4.98 Å². The lowest BCUT2D eigenvalue weighted by atomic mass is 9.97. The van der Waals surface area contributed by atoms with Crippen LogP contribution in [0.1, 0.15) is 22.7 Å². The first-order chi connectivity index (χ1) is 9.11. The van der Waals surface area contributed by atoms with E-state index in [4.69, 9.17) is 11.6 Å². The molecule has 0 aliphatic carbocycles. The summed E-state index contributed by atoms with van der Waals surface area (Å²) < 4.78 is 1.00. The molecule has 0 spiro atoms. The van der Waals surface area contributed by atoms with E-state index in [1.54, 1.807) is 0 Å². The molecule has 2 aromatic rings. The number of aromatic nitrogens is 1. The summed E-state index contributed by atoms with van der Waals surface area (Å²) in [5.41, 5.74) is 3.59. The Morgan fingerprint density at radius 2 is 2.16 bits per heavy atom. The van der Waals surface area contributed by atoms with E-state index in [9.17, 15) is 0 Å². The summed E-state index contributed by atoms with van der Waals surface area (Å²) in [5, 5.41) is 4.14. The molecule has 100 valence electrons. The highest BCUT2D eigenvalue weighted by atomic mass is 79.9. The zero-order valence-corrected chi connectivity index (χ0v) is 13.3. The summed E-state index contributed by atoms with van der Waals surface area (Å²) in [6.45, 7) is 2.08. The van der Waals surface area contributed by atoms with Gasteiger partial charge in [-0.2, -0.15) is 0 Å². The highest BCUT2D eigenvalue weighted by Crippen LogP contribution is 2.27. The average molecular weight is 340 g/mol. The van der Waals surface area contributed by atoms with Crippen LogP contribution in [0.4, 0.5) is 0 Å². The number of nitrogens with zero attached hydrogens (tertiary/aromatic N) is 1. The molecule has 19 heavy (non-hydrogen) atoms. The number of hydrogen-bond acceptors (Lipinski definition) is 2. The lowest BCUT2D eigenvalue weighted by Gasteiger charge is -2.19. The number of nitrogens with one attached hydrogen (secondary N) is 1. The predicted molar refractivity (Wildman–Crippen MR) is 83.6 cm³/mol. The molecule has 1 unspecified atom stereocenters. The summed E-state index contributed by atoms with van der Waals surface area (Å²) in [6.07, 6.45) is 4.58. The maximum atomic E-state index is 6.29. The molecular weight excluding hydrogens is 324 g/mol. The molecule has 0 saturated carbocycles. The maximum absolute atomic E-state index is 6.29. The predicted octanol–water partition coefficient (Wildman–Crippen LogP) is 4.31. The molecule has 0 saturated heterocycles. The molecule has 0 bridgehead atoms. The highest BCUT2D eigenvalue weighted by Gasteiger charge is 2.14. The number of pyridine rings is 1. The van der Waals surface area contributed by atoms with Crippen LogP contribution < -0.4 is 5.32 Å².